The minimum absolute atomic E-state index is 0.0623. The summed E-state index contributed by atoms with van der Waals surface area (Å²) >= 11 is 1.53. The molecule has 0 heterocycles. The summed E-state index contributed by atoms with van der Waals surface area (Å²) in [6, 6.07) is 7.63. The molecule has 2 rings (SSSR count). The van der Waals surface area contributed by atoms with Crippen LogP contribution in [-0.2, 0) is 11.4 Å². The molecule has 0 unspecified atom stereocenters. The molecule has 1 amide bonds. The van der Waals surface area contributed by atoms with Crippen molar-refractivity contribution in [1.82, 2.24) is 5.32 Å². The second kappa shape index (κ2) is 6.07. The number of amides is 1. The lowest BCUT2D eigenvalue weighted by Gasteiger charge is -2.04. The van der Waals surface area contributed by atoms with Gasteiger partial charge in [0, 0.05) is 11.4 Å². The van der Waals surface area contributed by atoms with Crippen molar-refractivity contribution < 1.29 is 9.90 Å². The molecule has 0 aromatic heterocycles. The van der Waals surface area contributed by atoms with Crippen molar-refractivity contribution in [2.24, 2.45) is 5.92 Å². The number of carbonyl (C=O) groups is 1. The normalized spacial score (nSPS) is 14.6. The molecule has 17 heavy (non-hydrogen) atoms. The quantitative estimate of drug-likeness (QED) is 0.758. The van der Waals surface area contributed by atoms with Gasteiger partial charge in [-0.1, -0.05) is 12.1 Å². The average molecular weight is 251 g/mol. The summed E-state index contributed by atoms with van der Waals surface area (Å²) in [5.74, 6) is 1.30. The highest BCUT2D eigenvalue weighted by Gasteiger charge is 2.21. The van der Waals surface area contributed by atoms with Crippen LogP contribution in [-0.4, -0.2) is 23.3 Å². The van der Waals surface area contributed by atoms with Gasteiger partial charge in [0.05, 0.1) is 12.4 Å². The number of thioether (sulfide) groups is 1. The molecule has 1 aliphatic rings. The van der Waals surface area contributed by atoms with Crippen molar-refractivity contribution in [1.29, 1.82) is 0 Å². The molecule has 3 nitrogen and oxygen atoms in total. The first-order valence-corrected chi connectivity index (χ1v) is 6.86. The van der Waals surface area contributed by atoms with Crippen LogP contribution in [0.25, 0.3) is 0 Å². The van der Waals surface area contributed by atoms with E-state index in [1.807, 2.05) is 24.3 Å². The van der Waals surface area contributed by atoms with Gasteiger partial charge in [-0.15, -0.1) is 11.8 Å². The monoisotopic (exact) mass is 251 g/mol. The topological polar surface area (TPSA) is 49.3 Å². The molecule has 0 saturated heterocycles. The minimum Gasteiger partial charge on any atom is -0.392 e. The van der Waals surface area contributed by atoms with Gasteiger partial charge in [-0.25, -0.2) is 0 Å². The van der Waals surface area contributed by atoms with Crippen molar-refractivity contribution in [3.63, 3.8) is 0 Å². The molecule has 0 radical (unpaired) electrons. The van der Waals surface area contributed by atoms with Crippen molar-refractivity contribution in [2.45, 2.75) is 24.3 Å². The lowest BCUT2D eigenvalue weighted by molar-refractivity contribution is -0.118. The van der Waals surface area contributed by atoms with E-state index >= 15 is 0 Å². The first kappa shape index (κ1) is 12.5. The minimum atomic E-state index is 0.0623. The molecule has 0 spiro atoms. The van der Waals surface area contributed by atoms with Gasteiger partial charge in [0.2, 0.25) is 5.91 Å². The maximum absolute atomic E-state index is 11.5. The van der Waals surface area contributed by atoms with E-state index in [0.717, 1.165) is 22.9 Å². The SMILES string of the molecule is O=C(CSc1ccc(CO)cc1)NCC1CC1. The van der Waals surface area contributed by atoms with Crippen molar-refractivity contribution in [3.05, 3.63) is 29.8 Å². The van der Waals surface area contributed by atoms with Gasteiger partial charge in [-0.2, -0.15) is 0 Å². The van der Waals surface area contributed by atoms with Gasteiger partial charge in [0.1, 0.15) is 0 Å². The summed E-state index contributed by atoms with van der Waals surface area (Å²) in [5, 5.41) is 11.8. The second-order valence-corrected chi connectivity index (χ2v) is 5.39. The summed E-state index contributed by atoms with van der Waals surface area (Å²) < 4.78 is 0. The van der Waals surface area contributed by atoms with Crippen molar-refractivity contribution in [2.75, 3.05) is 12.3 Å². The molecule has 0 atom stereocenters. The van der Waals surface area contributed by atoms with E-state index in [2.05, 4.69) is 5.32 Å². The standard InChI is InChI=1S/C13H17NO2S/c15-8-11-3-5-12(6-4-11)17-9-13(16)14-7-10-1-2-10/h3-6,10,15H,1-2,7-9H2,(H,14,16). The van der Waals surface area contributed by atoms with Crippen LogP contribution in [0.5, 0.6) is 0 Å². The zero-order valence-electron chi connectivity index (χ0n) is 9.69. The largest absolute Gasteiger partial charge is 0.392 e. The number of aliphatic hydroxyl groups excluding tert-OH is 1. The molecule has 0 bridgehead atoms. The molecule has 2 N–H and O–H groups in total. The molecule has 1 fully saturated rings. The molecule has 0 aliphatic heterocycles. The van der Waals surface area contributed by atoms with Gasteiger partial charge in [-0.05, 0) is 36.5 Å². The number of aliphatic hydroxyl groups is 1. The van der Waals surface area contributed by atoms with E-state index in [4.69, 9.17) is 5.11 Å². The fourth-order valence-electron chi connectivity index (χ4n) is 1.47. The van der Waals surface area contributed by atoms with Gasteiger partial charge < -0.3 is 10.4 Å². The maximum atomic E-state index is 11.5. The molecule has 1 aromatic rings. The summed E-state index contributed by atoms with van der Waals surface area (Å²) in [7, 11) is 0. The van der Waals surface area contributed by atoms with Gasteiger partial charge in [0.25, 0.3) is 0 Å². The van der Waals surface area contributed by atoms with Crippen LogP contribution >= 0.6 is 11.8 Å². The third kappa shape index (κ3) is 4.40. The van der Waals surface area contributed by atoms with E-state index in [1.165, 1.54) is 24.6 Å². The molecule has 4 heteroatoms. The van der Waals surface area contributed by atoms with Crippen LogP contribution in [0, 0.1) is 5.92 Å². The van der Waals surface area contributed by atoms with E-state index in [1.54, 1.807) is 0 Å². The first-order chi connectivity index (χ1) is 8.28. The molecule has 1 aliphatic carbocycles. The van der Waals surface area contributed by atoms with Crippen LogP contribution < -0.4 is 5.32 Å². The van der Waals surface area contributed by atoms with Crippen molar-refractivity contribution >= 4 is 17.7 Å². The molecular weight excluding hydrogens is 234 g/mol. The summed E-state index contributed by atoms with van der Waals surface area (Å²) in [6.07, 6.45) is 2.52. The summed E-state index contributed by atoms with van der Waals surface area (Å²) in [5.41, 5.74) is 0.896. The number of nitrogens with one attached hydrogen (secondary N) is 1. The second-order valence-electron chi connectivity index (χ2n) is 4.34. The van der Waals surface area contributed by atoms with Gasteiger partial charge >= 0.3 is 0 Å². The number of hydrogen-bond acceptors (Lipinski definition) is 3. The van der Waals surface area contributed by atoms with E-state index in [-0.39, 0.29) is 12.5 Å². The van der Waals surface area contributed by atoms with E-state index in [9.17, 15) is 4.79 Å². The summed E-state index contributed by atoms with van der Waals surface area (Å²) in [6.45, 7) is 0.898. The maximum Gasteiger partial charge on any atom is 0.230 e. The zero-order valence-corrected chi connectivity index (χ0v) is 10.5. The lowest BCUT2D eigenvalue weighted by atomic mass is 10.2. The number of hydrogen-bond donors (Lipinski definition) is 2. The van der Waals surface area contributed by atoms with Gasteiger partial charge in [0.15, 0.2) is 0 Å². The first-order valence-electron chi connectivity index (χ1n) is 5.87. The van der Waals surface area contributed by atoms with Crippen LogP contribution in [0.15, 0.2) is 29.2 Å². The Morgan fingerprint density at radius 3 is 2.65 bits per heavy atom. The Kier molecular flexibility index (Phi) is 4.45. The highest BCUT2D eigenvalue weighted by Crippen LogP contribution is 2.27. The van der Waals surface area contributed by atoms with E-state index in [0.29, 0.717) is 5.75 Å². The average Bonchev–Trinajstić information content (AvgIpc) is 3.18. The Balaban J connectivity index is 1.70. The smallest absolute Gasteiger partial charge is 0.230 e. The molecule has 1 saturated carbocycles. The van der Waals surface area contributed by atoms with E-state index < -0.39 is 0 Å². The highest BCUT2D eigenvalue weighted by atomic mass is 32.2. The Hall–Kier alpha value is -1.00. The summed E-state index contributed by atoms with van der Waals surface area (Å²) in [4.78, 5) is 12.6. The Bertz CT molecular complexity index is 374. The molecule has 92 valence electrons. The molecular formula is C13H17NO2S. The lowest BCUT2D eigenvalue weighted by Crippen LogP contribution is -2.27. The zero-order chi connectivity index (χ0) is 12.1. The van der Waals surface area contributed by atoms with Crippen LogP contribution in [0.4, 0.5) is 0 Å². The van der Waals surface area contributed by atoms with Gasteiger partial charge in [-0.3, -0.25) is 4.79 Å². The number of rotatable bonds is 6. The number of benzene rings is 1. The Morgan fingerprint density at radius 2 is 2.06 bits per heavy atom. The third-order valence-electron chi connectivity index (χ3n) is 2.76. The van der Waals surface area contributed by atoms with Crippen LogP contribution in [0.3, 0.4) is 0 Å². The van der Waals surface area contributed by atoms with Crippen LogP contribution in [0.1, 0.15) is 18.4 Å². The third-order valence-corrected chi connectivity index (χ3v) is 3.77. The Morgan fingerprint density at radius 1 is 1.35 bits per heavy atom. The molecule has 1 aromatic carbocycles. The predicted molar refractivity (Wildman–Crippen MR) is 68.8 cm³/mol. The predicted octanol–water partition coefficient (Wildman–Crippen LogP) is 1.80. The van der Waals surface area contributed by atoms with Crippen LogP contribution in [0.2, 0.25) is 0 Å². The fraction of sp³-hybridized carbons (Fsp3) is 0.462. The Labute approximate surface area is 106 Å². The fourth-order valence-corrected chi connectivity index (χ4v) is 2.20. The van der Waals surface area contributed by atoms with Crippen molar-refractivity contribution in [3.8, 4) is 0 Å². The number of carbonyl (C=O) groups excluding carboxylic acids is 1. The highest BCUT2D eigenvalue weighted by molar-refractivity contribution is 8.00.